The SMILES string of the molecule is O=C(O)c1cnc(NCC(F)F)c([N+](=O)[O-])c1. The first-order valence-electron chi connectivity index (χ1n) is 4.31. The van der Waals surface area contributed by atoms with Gasteiger partial charge in [-0.15, -0.1) is 0 Å². The van der Waals surface area contributed by atoms with Crippen LogP contribution in [0.2, 0.25) is 0 Å². The molecule has 0 fully saturated rings. The zero-order valence-electron chi connectivity index (χ0n) is 8.26. The van der Waals surface area contributed by atoms with Gasteiger partial charge in [-0.05, 0) is 0 Å². The average molecular weight is 247 g/mol. The number of rotatable bonds is 5. The molecule has 0 aliphatic rings. The van der Waals surface area contributed by atoms with Crippen molar-refractivity contribution in [3.63, 3.8) is 0 Å². The summed E-state index contributed by atoms with van der Waals surface area (Å²) in [6, 6.07) is 0.753. The van der Waals surface area contributed by atoms with Gasteiger partial charge in [-0.25, -0.2) is 18.6 Å². The van der Waals surface area contributed by atoms with Crippen molar-refractivity contribution in [3.8, 4) is 0 Å². The fourth-order valence-electron chi connectivity index (χ4n) is 1.02. The molecule has 0 amide bonds. The summed E-state index contributed by atoms with van der Waals surface area (Å²) in [7, 11) is 0. The van der Waals surface area contributed by atoms with Crippen LogP contribution in [-0.2, 0) is 0 Å². The molecule has 1 aromatic heterocycles. The Kier molecular flexibility index (Phi) is 3.86. The molecular formula is C8H7F2N3O4. The lowest BCUT2D eigenvalue weighted by atomic mass is 10.2. The molecule has 2 N–H and O–H groups in total. The molecule has 0 radical (unpaired) electrons. The molecule has 1 heterocycles. The molecule has 0 bridgehead atoms. The van der Waals surface area contributed by atoms with Gasteiger partial charge in [0, 0.05) is 12.3 Å². The van der Waals surface area contributed by atoms with Crippen LogP contribution in [0.4, 0.5) is 20.3 Å². The second-order valence-corrected chi connectivity index (χ2v) is 2.93. The monoisotopic (exact) mass is 247 g/mol. The van der Waals surface area contributed by atoms with E-state index in [1.165, 1.54) is 0 Å². The van der Waals surface area contributed by atoms with Gasteiger partial charge < -0.3 is 10.4 Å². The molecule has 17 heavy (non-hydrogen) atoms. The molecular weight excluding hydrogens is 240 g/mol. The third-order valence-corrected chi connectivity index (χ3v) is 1.74. The molecule has 92 valence electrons. The molecule has 0 aliphatic heterocycles. The van der Waals surface area contributed by atoms with E-state index in [1.807, 2.05) is 0 Å². The number of carboxylic acid groups (broad SMARTS) is 1. The number of halogens is 2. The van der Waals surface area contributed by atoms with Crippen molar-refractivity contribution in [1.82, 2.24) is 4.98 Å². The highest BCUT2D eigenvalue weighted by Gasteiger charge is 2.19. The quantitative estimate of drug-likeness (QED) is 0.601. The third kappa shape index (κ3) is 3.33. The highest BCUT2D eigenvalue weighted by atomic mass is 19.3. The molecule has 1 aromatic rings. The van der Waals surface area contributed by atoms with Crippen molar-refractivity contribution in [2.75, 3.05) is 11.9 Å². The van der Waals surface area contributed by atoms with Gasteiger partial charge >= 0.3 is 11.7 Å². The first-order chi connectivity index (χ1) is 7.91. The fraction of sp³-hybridized carbons (Fsp3) is 0.250. The van der Waals surface area contributed by atoms with E-state index in [0.717, 1.165) is 12.3 Å². The molecule has 0 saturated heterocycles. The standard InChI is InChI=1S/C8H7F2N3O4/c9-6(10)3-12-7-5(13(16)17)1-4(2-11-7)8(14)15/h1-2,6H,3H2,(H,11,12)(H,14,15). The number of hydrogen-bond donors (Lipinski definition) is 2. The maximum atomic E-state index is 11.9. The second-order valence-electron chi connectivity index (χ2n) is 2.93. The Morgan fingerprint density at radius 2 is 2.29 bits per heavy atom. The van der Waals surface area contributed by atoms with E-state index in [0.29, 0.717) is 0 Å². The number of carboxylic acids is 1. The number of pyridine rings is 1. The first kappa shape index (κ1) is 12.7. The Labute approximate surface area is 93.2 Å². The lowest BCUT2D eigenvalue weighted by molar-refractivity contribution is -0.384. The maximum absolute atomic E-state index is 11.9. The second kappa shape index (κ2) is 5.14. The predicted molar refractivity (Wildman–Crippen MR) is 52.3 cm³/mol. The Balaban J connectivity index is 3.04. The van der Waals surface area contributed by atoms with E-state index in [9.17, 15) is 23.7 Å². The summed E-state index contributed by atoms with van der Waals surface area (Å²) in [5.74, 6) is -1.78. The zero-order valence-corrected chi connectivity index (χ0v) is 8.26. The van der Waals surface area contributed by atoms with Gasteiger partial charge in [0.1, 0.15) is 0 Å². The van der Waals surface area contributed by atoms with Crippen molar-refractivity contribution in [2.45, 2.75) is 6.43 Å². The maximum Gasteiger partial charge on any atom is 0.337 e. The highest BCUT2D eigenvalue weighted by Crippen LogP contribution is 2.22. The van der Waals surface area contributed by atoms with Crippen molar-refractivity contribution in [1.29, 1.82) is 0 Å². The summed E-state index contributed by atoms with van der Waals surface area (Å²) in [5.41, 5.74) is -1.05. The van der Waals surface area contributed by atoms with Crippen LogP contribution in [0.1, 0.15) is 10.4 Å². The molecule has 1 rings (SSSR count). The van der Waals surface area contributed by atoms with Crippen LogP contribution in [0.3, 0.4) is 0 Å². The topological polar surface area (TPSA) is 105 Å². The molecule has 0 unspecified atom stereocenters. The lowest BCUT2D eigenvalue weighted by Gasteiger charge is -2.05. The Morgan fingerprint density at radius 1 is 1.65 bits per heavy atom. The van der Waals surface area contributed by atoms with Gasteiger partial charge in [0.2, 0.25) is 5.82 Å². The molecule has 0 aliphatic carbocycles. The van der Waals surface area contributed by atoms with Crippen LogP contribution in [0.5, 0.6) is 0 Å². The smallest absolute Gasteiger partial charge is 0.337 e. The number of aromatic carboxylic acids is 1. The molecule has 9 heteroatoms. The van der Waals surface area contributed by atoms with Crippen LogP contribution in [0, 0.1) is 10.1 Å². The summed E-state index contributed by atoms with van der Waals surface area (Å²) in [6.45, 7) is -0.805. The number of anilines is 1. The van der Waals surface area contributed by atoms with Crippen LogP contribution in [-0.4, -0.2) is 34.0 Å². The van der Waals surface area contributed by atoms with Crippen LogP contribution in [0.15, 0.2) is 12.3 Å². The largest absolute Gasteiger partial charge is 0.478 e. The summed E-state index contributed by atoms with van der Waals surface area (Å²) < 4.78 is 23.8. The minimum atomic E-state index is -2.70. The summed E-state index contributed by atoms with van der Waals surface area (Å²) >= 11 is 0. The average Bonchev–Trinajstić information content (AvgIpc) is 2.25. The van der Waals surface area contributed by atoms with Crippen LogP contribution in [0.25, 0.3) is 0 Å². The minimum Gasteiger partial charge on any atom is -0.478 e. The number of nitro groups is 1. The minimum absolute atomic E-state index is 0.389. The van der Waals surface area contributed by atoms with Crippen molar-refractivity contribution < 1.29 is 23.6 Å². The summed E-state index contributed by atoms with van der Waals surface area (Å²) in [5, 5.41) is 21.2. The molecule has 0 aromatic carbocycles. The van der Waals surface area contributed by atoms with Gasteiger partial charge in [-0.3, -0.25) is 10.1 Å². The predicted octanol–water partition coefficient (Wildman–Crippen LogP) is 1.36. The van der Waals surface area contributed by atoms with E-state index in [1.54, 1.807) is 0 Å². The third-order valence-electron chi connectivity index (χ3n) is 1.74. The number of nitrogens with zero attached hydrogens (tertiary/aromatic N) is 2. The van der Waals surface area contributed by atoms with Gasteiger partial charge in [0.05, 0.1) is 17.0 Å². The number of nitrogens with one attached hydrogen (secondary N) is 1. The zero-order chi connectivity index (χ0) is 13.0. The first-order valence-corrected chi connectivity index (χ1v) is 4.31. The number of carbonyl (C=O) groups is 1. The van der Waals surface area contributed by atoms with E-state index in [-0.39, 0.29) is 11.4 Å². The van der Waals surface area contributed by atoms with Gasteiger partial charge in [-0.1, -0.05) is 0 Å². The Hall–Kier alpha value is -2.32. The van der Waals surface area contributed by atoms with E-state index in [2.05, 4.69) is 10.3 Å². The lowest BCUT2D eigenvalue weighted by Crippen LogP contribution is -2.13. The number of aromatic nitrogens is 1. The highest BCUT2D eigenvalue weighted by molar-refractivity contribution is 5.88. The van der Waals surface area contributed by atoms with Crippen LogP contribution < -0.4 is 5.32 Å². The Morgan fingerprint density at radius 3 is 2.76 bits per heavy atom. The number of alkyl halides is 2. The number of hydrogen-bond acceptors (Lipinski definition) is 5. The van der Waals surface area contributed by atoms with E-state index in [4.69, 9.17) is 5.11 Å². The Bertz CT molecular complexity index is 452. The molecule has 0 atom stereocenters. The molecule has 0 saturated carbocycles. The van der Waals surface area contributed by atoms with Gasteiger partial charge in [0.15, 0.2) is 0 Å². The summed E-state index contributed by atoms with van der Waals surface area (Å²) in [6.07, 6.45) is -1.85. The molecule has 0 spiro atoms. The van der Waals surface area contributed by atoms with Crippen molar-refractivity contribution in [2.24, 2.45) is 0 Å². The van der Waals surface area contributed by atoms with E-state index < -0.39 is 29.6 Å². The van der Waals surface area contributed by atoms with E-state index >= 15 is 0 Å². The van der Waals surface area contributed by atoms with Gasteiger partial charge in [-0.2, -0.15) is 0 Å². The molecule has 7 nitrogen and oxygen atoms in total. The van der Waals surface area contributed by atoms with Crippen LogP contribution >= 0.6 is 0 Å². The fourth-order valence-corrected chi connectivity index (χ4v) is 1.02. The van der Waals surface area contributed by atoms with Crippen molar-refractivity contribution >= 4 is 17.5 Å². The van der Waals surface area contributed by atoms with Gasteiger partial charge in [0.25, 0.3) is 6.43 Å². The normalized spacial score (nSPS) is 10.3. The van der Waals surface area contributed by atoms with Crippen molar-refractivity contribution in [3.05, 3.63) is 27.9 Å². The summed E-state index contributed by atoms with van der Waals surface area (Å²) in [4.78, 5) is 23.7.